The van der Waals surface area contributed by atoms with Gasteiger partial charge in [0, 0.05) is 6.54 Å². The summed E-state index contributed by atoms with van der Waals surface area (Å²) in [7, 11) is 0. The Kier molecular flexibility index (Phi) is 3.85. The highest BCUT2D eigenvalue weighted by atomic mass is 19.3. The Labute approximate surface area is 120 Å². The van der Waals surface area contributed by atoms with Gasteiger partial charge in [-0.3, -0.25) is 4.79 Å². The van der Waals surface area contributed by atoms with Gasteiger partial charge in [-0.15, -0.1) is 0 Å². The van der Waals surface area contributed by atoms with Crippen LogP contribution in [-0.4, -0.2) is 41.1 Å². The molecule has 0 saturated carbocycles. The van der Waals surface area contributed by atoms with Crippen molar-refractivity contribution in [1.82, 2.24) is 4.90 Å². The number of amides is 1. The quantitative estimate of drug-likeness (QED) is 0.930. The van der Waals surface area contributed by atoms with E-state index in [1.54, 1.807) is 30.3 Å². The molecule has 0 radical (unpaired) electrons. The van der Waals surface area contributed by atoms with Gasteiger partial charge in [-0.05, 0) is 12.5 Å². The van der Waals surface area contributed by atoms with Crippen LogP contribution in [-0.2, 0) is 16.1 Å². The molecule has 1 N–H and O–H groups in total. The Morgan fingerprint density at radius 1 is 1.29 bits per heavy atom. The van der Waals surface area contributed by atoms with Gasteiger partial charge >= 0.3 is 12.1 Å². The largest absolute Gasteiger partial charge is 0.481 e. The fraction of sp³-hybridized carbons (Fsp3) is 0.429. The number of rotatable bonds is 3. The number of carbonyl (C=O) groups is 2. The van der Waals surface area contributed by atoms with Crippen molar-refractivity contribution in [3.05, 3.63) is 35.9 Å². The average Bonchev–Trinajstić information content (AvgIpc) is 2.69. The second-order valence-corrected chi connectivity index (χ2v) is 5.24. The molecule has 1 amide bonds. The van der Waals surface area contributed by atoms with Crippen LogP contribution in [0.15, 0.2) is 30.3 Å². The third-order valence-corrected chi connectivity index (χ3v) is 3.64. The molecule has 0 aromatic heterocycles. The number of likely N-dealkylation sites (tertiary alicyclic amines) is 1. The molecule has 1 saturated heterocycles. The fourth-order valence-electron chi connectivity index (χ4n) is 2.13. The highest BCUT2D eigenvalue weighted by molar-refractivity contribution is 5.79. The van der Waals surface area contributed by atoms with Gasteiger partial charge in [0.25, 0.3) is 5.92 Å². The number of halogens is 2. The van der Waals surface area contributed by atoms with E-state index >= 15 is 0 Å². The summed E-state index contributed by atoms with van der Waals surface area (Å²) in [6.45, 7) is -0.655. The topological polar surface area (TPSA) is 66.8 Å². The minimum atomic E-state index is -3.50. The molecule has 7 heteroatoms. The molecule has 0 spiro atoms. The summed E-state index contributed by atoms with van der Waals surface area (Å²) < 4.78 is 32.5. The number of hydrogen-bond donors (Lipinski definition) is 1. The normalized spacial score (nSPS) is 23.9. The third-order valence-electron chi connectivity index (χ3n) is 3.64. The van der Waals surface area contributed by atoms with E-state index in [1.807, 2.05) is 0 Å². The highest BCUT2D eigenvalue weighted by Gasteiger charge is 2.63. The van der Waals surface area contributed by atoms with Crippen LogP contribution in [0.4, 0.5) is 13.6 Å². The Morgan fingerprint density at radius 3 is 2.43 bits per heavy atom. The first-order valence-corrected chi connectivity index (χ1v) is 6.33. The SMILES string of the molecule is CC1(C(=O)O)CN(C(=O)OCc2ccccc2)CC1(F)F. The van der Waals surface area contributed by atoms with Crippen LogP contribution < -0.4 is 0 Å². The fourth-order valence-corrected chi connectivity index (χ4v) is 2.13. The smallest absolute Gasteiger partial charge is 0.410 e. The van der Waals surface area contributed by atoms with Gasteiger partial charge in [-0.1, -0.05) is 30.3 Å². The number of carboxylic acid groups (broad SMARTS) is 1. The van der Waals surface area contributed by atoms with E-state index in [0.29, 0.717) is 0 Å². The zero-order valence-electron chi connectivity index (χ0n) is 11.4. The predicted molar refractivity (Wildman–Crippen MR) is 68.9 cm³/mol. The van der Waals surface area contributed by atoms with Crippen molar-refractivity contribution in [1.29, 1.82) is 0 Å². The molecule has 2 rings (SSSR count). The molecule has 5 nitrogen and oxygen atoms in total. The Hall–Kier alpha value is -2.18. The molecular formula is C14H15F2NO4. The molecule has 1 aliphatic heterocycles. The summed E-state index contributed by atoms with van der Waals surface area (Å²) in [6, 6.07) is 8.77. The molecule has 1 aromatic rings. The lowest BCUT2D eigenvalue weighted by Crippen LogP contribution is -2.44. The molecule has 114 valence electrons. The van der Waals surface area contributed by atoms with E-state index < -0.39 is 36.5 Å². The van der Waals surface area contributed by atoms with Gasteiger partial charge in [-0.2, -0.15) is 0 Å². The van der Waals surface area contributed by atoms with Crippen LogP contribution in [0.5, 0.6) is 0 Å². The number of carboxylic acids is 1. The number of benzene rings is 1. The second-order valence-electron chi connectivity index (χ2n) is 5.24. The van der Waals surface area contributed by atoms with Gasteiger partial charge in [0.2, 0.25) is 0 Å². The molecule has 0 bridgehead atoms. The monoisotopic (exact) mass is 299 g/mol. The maximum absolute atomic E-state index is 13.8. The summed E-state index contributed by atoms with van der Waals surface area (Å²) >= 11 is 0. The Morgan fingerprint density at radius 2 is 1.90 bits per heavy atom. The minimum Gasteiger partial charge on any atom is -0.481 e. The second kappa shape index (κ2) is 5.31. The maximum atomic E-state index is 13.8. The van der Waals surface area contributed by atoms with Gasteiger partial charge in [0.1, 0.15) is 12.0 Å². The van der Waals surface area contributed by atoms with Crippen LogP contribution in [0.2, 0.25) is 0 Å². The first-order chi connectivity index (χ1) is 9.76. The number of alkyl halides is 2. The molecular weight excluding hydrogens is 284 g/mol. The van der Waals surface area contributed by atoms with Gasteiger partial charge in [0.05, 0.1) is 6.54 Å². The lowest BCUT2D eigenvalue weighted by Gasteiger charge is -2.24. The molecule has 1 fully saturated rings. The number of nitrogens with zero attached hydrogens (tertiary/aromatic N) is 1. The van der Waals surface area contributed by atoms with Gasteiger partial charge in [-0.25, -0.2) is 13.6 Å². The first-order valence-electron chi connectivity index (χ1n) is 6.33. The Balaban J connectivity index is 2.00. The van der Waals surface area contributed by atoms with E-state index in [4.69, 9.17) is 9.84 Å². The summed E-state index contributed by atoms with van der Waals surface area (Å²) in [4.78, 5) is 23.6. The molecule has 1 atom stereocenters. The summed E-state index contributed by atoms with van der Waals surface area (Å²) in [5.74, 6) is -5.13. The van der Waals surface area contributed by atoms with Crippen molar-refractivity contribution in [2.24, 2.45) is 5.41 Å². The van der Waals surface area contributed by atoms with E-state index in [-0.39, 0.29) is 6.61 Å². The van der Waals surface area contributed by atoms with E-state index in [9.17, 15) is 18.4 Å². The maximum Gasteiger partial charge on any atom is 0.410 e. The van der Waals surface area contributed by atoms with Crippen molar-refractivity contribution < 1.29 is 28.2 Å². The molecule has 1 unspecified atom stereocenters. The van der Waals surface area contributed by atoms with Crippen LogP contribution in [0, 0.1) is 5.41 Å². The number of carbonyl (C=O) groups excluding carboxylic acids is 1. The lowest BCUT2D eigenvalue weighted by atomic mass is 9.86. The highest BCUT2D eigenvalue weighted by Crippen LogP contribution is 2.43. The molecule has 1 aromatic carbocycles. The zero-order valence-corrected chi connectivity index (χ0v) is 11.4. The van der Waals surface area contributed by atoms with Crippen molar-refractivity contribution in [2.45, 2.75) is 19.5 Å². The van der Waals surface area contributed by atoms with Crippen LogP contribution in [0.3, 0.4) is 0 Å². The van der Waals surface area contributed by atoms with E-state index in [0.717, 1.165) is 17.4 Å². The minimum absolute atomic E-state index is 0.0501. The number of ether oxygens (including phenoxy) is 1. The summed E-state index contributed by atoms with van der Waals surface area (Å²) in [5, 5.41) is 8.96. The standard InChI is InChI=1S/C14H15F2NO4/c1-13(11(18)19)8-17(9-14(13,15)16)12(20)21-7-10-5-3-2-4-6-10/h2-6H,7-9H2,1H3,(H,18,19). The first kappa shape index (κ1) is 15.2. The van der Waals surface area contributed by atoms with Crippen LogP contribution >= 0.6 is 0 Å². The van der Waals surface area contributed by atoms with Gasteiger partial charge < -0.3 is 14.7 Å². The van der Waals surface area contributed by atoms with Gasteiger partial charge in [0.15, 0.2) is 0 Å². The van der Waals surface area contributed by atoms with E-state index in [2.05, 4.69) is 0 Å². The van der Waals surface area contributed by atoms with Crippen molar-refractivity contribution in [2.75, 3.05) is 13.1 Å². The van der Waals surface area contributed by atoms with Crippen LogP contribution in [0.25, 0.3) is 0 Å². The average molecular weight is 299 g/mol. The molecule has 0 aliphatic carbocycles. The summed E-state index contributed by atoms with van der Waals surface area (Å²) in [6.07, 6.45) is -0.941. The summed E-state index contributed by atoms with van der Waals surface area (Å²) in [5.41, 5.74) is -1.57. The molecule has 1 heterocycles. The van der Waals surface area contributed by atoms with Crippen molar-refractivity contribution in [3.8, 4) is 0 Å². The Bertz CT molecular complexity index is 549. The predicted octanol–water partition coefficient (Wildman–Crippen LogP) is 2.37. The third kappa shape index (κ3) is 2.81. The number of hydrogen-bond acceptors (Lipinski definition) is 3. The van der Waals surface area contributed by atoms with Crippen molar-refractivity contribution in [3.63, 3.8) is 0 Å². The van der Waals surface area contributed by atoms with E-state index in [1.165, 1.54) is 0 Å². The molecule has 1 aliphatic rings. The van der Waals surface area contributed by atoms with Crippen LogP contribution in [0.1, 0.15) is 12.5 Å². The molecule has 21 heavy (non-hydrogen) atoms. The van der Waals surface area contributed by atoms with Crippen molar-refractivity contribution >= 4 is 12.1 Å². The zero-order chi connectivity index (χ0) is 15.7. The number of aliphatic carboxylic acids is 1. The lowest BCUT2D eigenvalue weighted by molar-refractivity contribution is -0.165.